The molecule has 3 rings (SSSR count). The summed E-state index contributed by atoms with van der Waals surface area (Å²) in [5.41, 5.74) is 1.91. The monoisotopic (exact) mass is 531 g/mol. The number of morpholine rings is 1. The number of nitrogens with zero attached hydrogens (tertiary/aromatic N) is 3. The van der Waals surface area contributed by atoms with Gasteiger partial charge in [0.1, 0.15) is 0 Å². The fourth-order valence-corrected chi connectivity index (χ4v) is 4.06. The molecular formula is C22H38IN5O2. The molecule has 2 aliphatic heterocycles. The first kappa shape index (κ1) is 25.2. The summed E-state index contributed by atoms with van der Waals surface area (Å²) in [6.07, 6.45) is 1.11. The lowest BCUT2D eigenvalue weighted by atomic mass is 10.1. The number of halogens is 1. The van der Waals surface area contributed by atoms with Gasteiger partial charge in [0.2, 0.25) is 0 Å². The van der Waals surface area contributed by atoms with Gasteiger partial charge in [-0.15, -0.1) is 24.0 Å². The molecule has 0 radical (unpaired) electrons. The van der Waals surface area contributed by atoms with Crippen LogP contribution >= 0.6 is 24.0 Å². The number of nitrogens with one attached hydrogen (secondary N) is 2. The Kier molecular flexibility index (Phi) is 10.1. The molecule has 1 saturated heterocycles. The average molecular weight is 531 g/mol. The largest absolute Gasteiger partial charge is 0.387 e. The Morgan fingerprint density at radius 3 is 2.70 bits per heavy atom. The van der Waals surface area contributed by atoms with Gasteiger partial charge in [-0.3, -0.25) is 9.89 Å². The summed E-state index contributed by atoms with van der Waals surface area (Å²) in [4.78, 5) is 9.36. The van der Waals surface area contributed by atoms with Gasteiger partial charge in [-0.1, -0.05) is 18.2 Å². The molecule has 2 aliphatic rings. The third-order valence-electron chi connectivity index (χ3n) is 5.61. The van der Waals surface area contributed by atoms with Crippen molar-refractivity contribution in [3.05, 3.63) is 29.8 Å². The molecule has 7 nitrogen and oxygen atoms in total. The quantitative estimate of drug-likeness (QED) is 0.270. The van der Waals surface area contributed by atoms with Crippen molar-refractivity contribution in [1.29, 1.82) is 0 Å². The molecule has 0 aliphatic carbocycles. The summed E-state index contributed by atoms with van der Waals surface area (Å²) in [6, 6.07) is 9.01. The molecule has 1 fully saturated rings. The third-order valence-corrected chi connectivity index (χ3v) is 5.61. The summed E-state index contributed by atoms with van der Waals surface area (Å²) in [6.45, 7) is 13.0. The molecule has 170 valence electrons. The van der Waals surface area contributed by atoms with Crippen LogP contribution in [0.4, 0.5) is 5.69 Å². The molecular weight excluding hydrogens is 493 g/mol. The first-order chi connectivity index (χ1) is 14.0. The van der Waals surface area contributed by atoms with E-state index in [0.717, 1.165) is 58.3 Å². The van der Waals surface area contributed by atoms with Gasteiger partial charge in [0.25, 0.3) is 0 Å². The minimum Gasteiger partial charge on any atom is -0.387 e. The van der Waals surface area contributed by atoms with E-state index in [1.54, 1.807) is 0 Å². The smallest absolute Gasteiger partial charge is 0.191 e. The summed E-state index contributed by atoms with van der Waals surface area (Å²) >= 11 is 0. The summed E-state index contributed by atoms with van der Waals surface area (Å²) in [7, 11) is 0. The Morgan fingerprint density at radius 2 is 1.97 bits per heavy atom. The summed E-state index contributed by atoms with van der Waals surface area (Å²) < 4.78 is 5.39. The van der Waals surface area contributed by atoms with Gasteiger partial charge >= 0.3 is 0 Å². The number of hydrogen-bond donors (Lipinski definition) is 3. The third kappa shape index (κ3) is 7.25. The van der Waals surface area contributed by atoms with Crippen LogP contribution in [0.15, 0.2) is 29.3 Å². The van der Waals surface area contributed by atoms with Crippen molar-refractivity contribution >= 4 is 35.6 Å². The summed E-state index contributed by atoms with van der Waals surface area (Å²) in [5.74, 6) is 0.758. The van der Waals surface area contributed by atoms with E-state index in [1.807, 2.05) is 6.92 Å². The van der Waals surface area contributed by atoms with E-state index in [9.17, 15) is 5.11 Å². The number of para-hydroxylation sites is 1. The normalized spacial score (nSPS) is 20.1. The molecule has 0 aromatic heterocycles. The van der Waals surface area contributed by atoms with E-state index >= 15 is 0 Å². The van der Waals surface area contributed by atoms with Gasteiger partial charge in [-0.05, 0) is 38.8 Å². The highest BCUT2D eigenvalue weighted by atomic mass is 127. The molecule has 0 saturated carbocycles. The van der Waals surface area contributed by atoms with Crippen molar-refractivity contribution in [3.63, 3.8) is 0 Å². The number of benzene rings is 1. The second-order valence-electron chi connectivity index (χ2n) is 8.38. The molecule has 2 heterocycles. The molecule has 3 N–H and O–H groups in total. The lowest BCUT2D eigenvalue weighted by molar-refractivity contribution is -0.0179. The predicted octanol–water partition coefficient (Wildman–Crippen LogP) is 1.69. The van der Waals surface area contributed by atoms with E-state index in [2.05, 4.69) is 63.5 Å². The van der Waals surface area contributed by atoms with Crippen molar-refractivity contribution in [1.82, 2.24) is 15.5 Å². The highest BCUT2D eigenvalue weighted by molar-refractivity contribution is 14.0. The Labute approximate surface area is 198 Å². The Bertz CT molecular complexity index is 679. The minimum absolute atomic E-state index is 0. The standard InChI is InChI=1S/C22H37N5O2.HI/c1-4-23-21(25-16-22(3,28)17-26-11-13-29-14-12-26)24-15-18(2)27-10-9-19-7-5-6-8-20(19)27;/h5-8,18,28H,4,9-17H2,1-3H3,(H2,23,24,25);1H. The highest BCUT2D eigenvalue weighted by Gasteiger charge is 2.26. The molecule has 2 atom stereocenters. The van der Waals surface area contributed by atoms with Gasteiger partial charge in [-0.25, -0.2) is 0 Å². The zero-order valence-electron chi connectivity index (χ0n) is 18.6. The number of rotatable bonds is 8. The van der Waals surface area contributed by atoms with Gasteiger partial charge in [0.15, 0.2) is 5.96 Å². The number of guanidine groups is 1. The lowest BCUT2D eigenvalue weighted by Crippen LogP contribution is -2.49. The Balaban J connectivity index is 0.00000320. The molecule has 0 bridgehead atoms. The van der Waals surface area contributed by atoms with Gasteiger partial charge in [0.05, 0.1) is 25.4 Å². The van der Waals surface area contributed by atoms with Gasteiger partial charge in [-0.2, -0.15) is 0 Å². The molecule has 8 heteroatoms. The van der Waals surface area contributed by atoms with Crippen LogP contribution in [-0.4, -0.2) is 86.6 Å². The topological polar surface area (TPSA) is 72.4 Å². The maximum absolute atomic E-state index is 10.8. The first-order valence-electron chi connectivity index (χ1n) is 10.9. The van der Waals surface area contributed by atoms with Crippen LogP contribution in [-0.2, 0) is 11.2 Å². The SMILES string of the molecule is CCNC(=NCC(C)(O)CN1CCOCC1)NCC(C)N1CCc2ccccc21.I. The number of anilines is 1. The molecule has 0 amide bonds. The van der Waals surface area contributed by atoms with E-state index in [0.29, 0.717) is 19.1 Å². The molecule has 30 heavy (non-hydrogen) atoms. The maximum atomic E-state index is 10.8. The second kappa shape index (κ2) is 12.1. The lowest BCUT2D eigenvalue weighted by Gasteiger charge is -2.33. The van der Waals surface area contributed by atoms with Crippen LogP contribution < -0.4 is 15.5 Å². The van der Waals surface area contributed by atoms with Gasteiger partial charge in [0, 0.05) is 51.0 Å². The first-order valence-corrected chi connectivity index (χ1v) is 10.9. The van der Waals surface area contributed by atoms with Crippen molar-refractivity contribution in [2.45, 2.75) is 38.8 Å². The number of fused-ring (bicyclic) bond motifs is 1. The number of ether oxygens (including phenoxy) is 1. The number of β-amino-alcohol motifs (C(OH)–C–C–N with tert-alkyl or cyclic N) is 1. The minimum atomic E-state index is -0.862. The molecule has 0 spiro atoms. The van der Waals surface area contributed by atoms with Crippen LogP contribution in [0.5, 0.6) is 0 Å². The Morgan fingerprint density at radius 1 is 1.23 bits per heavy atom. The zero-order chi connectivity index (χ0) is 20.7. The molecule has 1 aromatic rings. The van der Waals surface area contributed by atoms with Crippen molar-refractivity contribution in [3.8, 4) is 0 Å². The summed E-state index contributed by atoms with van der Waals surface area (Å²) in [5, 5.41) is 17.5. The van der Waals surface area contributed by atoms with Gasteiger partial charge < -0.3 is 25.4 Å². The van der Waals surface area contributed by atoms with Crippen LogP contribution in [0, 0.1) is 0 Å². The molecule has 1 aromatic carbocycles. The second-order valence-corrected chi connectivity index (χ2v) is 8.38. The molecule has 2 unspecified atom stereocenters. The van der Waals surface area contributed by atoms with E-state index < -0.39 is 5.60 Å². The number of hydrogen-bond acceptors (Lipinski definition) is 5. The maximum Gasteiger partial charge on any atom is 0.191 e. The highest BCUT2D eigenvalue weighted by Crippen LogP contribution is 2.28. The zero-order valence-corrected chi connectivity index (χ0v) is 20.9. The van der Waals surface area contributed by atoms with Crippen LogP contribution in [0.2, 0.25) is 0 Å². The Hall–Kier alpha value is -1.10. The van der Waals surface area contributed by atoms with E-state index in [1.165, 1.54) is 11.3 Å². The van der Waals surface area contributed by atoms with E-state index in [-0.39, 0.29) is 24.0 Å². The number of aliphatic imine (C=N–C) groups is 1. The predicted molar refractivity (Wildman–Crippen MR) is 134 cm³/mol. The van der Waals surface area contributed by atoms with Crippen molar-refractivity contribution in [2.24, 2.45) is 4.99 Å². The van der Waals surface area contributed by atoms with E-state index in [4.69, 9.17) is 4.74 Å². The van der Waals surface area contributed by atoms with Crippen molar-refractivity contribution in [2.75, 3.05) is 63.9 Å². The van der Waals surface area contributed by atoms with Crippen LogP contribution in [0.1, 0.15) is 26.3 Å². The average Bonchev–Trinajstić information content (AvgIpc) is 3.14. The van der Waals surface area contributed by atoms with Crippen molar-refractivity contribution < 1.29 is 9.84 Å². The fourth-order valence-electron chi connectivity index (χ4n) is 4.06. The van der Waals surface area contributed by atoms with Crippen LogP contribution in [0.3, 0.4) is 0 Å². The van der Waals surface area contributed by atoms with Crippen LogP contribution in [0.25, 0.3) is 0 Å². The number of aliphatic hydroxyl groups is 1. The fraction of sp³-hybridized carbons (Fsp3) is 0.682.